The van der Waals surface area contributed by atoms with Crippen LogP contribution in [0.1, 0.15) is 22.8 Å². The van der Waals surface area contributed by atoms with Crippen LogP contribution < -0.4 is 14.2 Å². The zero-order chi connectivity index (χ0) is 18.7. The zero-order valence-electron chi connectivity index (χ0n) is 15.3. The molecule has 0 spiro atoms. The van der Waals surface area contributed by atoms with Gasteiger partial charge in [-0.15, -0.1) is 0 Å². The van der Waals surface area contributed by atoms with Crippen molar-refractivity contribution in [2.75, 3.05) is 21.3 Å². The lowest BCUT2D eigenvalue weighted by atomic mass is 10.1. The number of ether oxygens (including phenoxy) is 3. The summed E-state index contributed by atoms with van der Waals surface area (Å²) < 4.78 is 17.8. The molecular weight excluding hydrogens is 330 g/mol. The summed E-state index contributed by atoms with van der Waals surface area (Å²) in [6.07, 6.45) is 5.78. The molecule has 0 saturated heterocycles. The van der Waals surface area contributed by atoms with Crippen molar-refractivity contribution in [1.82, 2.24) is 4.57 Å². The van der Waals surface area contributed by atoms with Crippen LogP contribution in [0.5, 0.6) is 17.2 Å². The summed E-state index contributed by atoms with van der Waals surface area (Å²) in [5, 5.41) is 1.02. The number of aromatic nitrogens is 1. The highest BCUT2D eigenvalue weighted by molar-refractivity contribution is 5.98. The number of hydrogen-bond donors (Lipinski definition) is 0. The number of hydrogen-bond acceptors (Lipinski definition) is 4. The van der Waals surface area contributed by atoms with Gasteiger partial charge in [0.25, 0.3) is 0 Å². The van der Waals surface area contributed by atoms with Crippen LogP contribution in [0.3, 0.4) is 0 Å². The minimum atomic E-state index is -0.0198. The Hall–Kier alpha value is -3.21. The third kappa shape index (κ3) is 3.16. The second-order valence-corrected chi connectivity index (χ2v) is 5.78. The monoisotopic (exact) mass is 351 g/mol. The summed E-state index contributed by atoms with van der Waals surface area (Å²) >= 11 is 0. The van der Waals surface area contributed by atoms with Crippen LogP contribution in [-0.2, 0) is 0 Å². The quantitative estimate of drug-likeness (QED) is 0.679. The molecule has 0 aliphatic rings. The predicted octanol–water partition coefficient (Wildman–Crippen LogP) is 4.50. The summed E-state index contributed by atoms with van der Waals surface area (Å²) in [5.74, 6) is 1.73. The molecule has 0 bridgehead atoms. The van der Waals surface area contributed by atoms with Gasteiger partial charge in [0, 0.05) is 24.1 Å². The van der Waals surface area contributed by atoms with Crippen LogP contribution in [0.15, 0.2) is 42.6 Å². The zero-order valence-corrected chi connectivity index (χ0v) is 15.3. The minimum absolute atomic E-state index is 0.0198. The summed E-state index contributed by atoms with van der Waals surface area (Å²) in [6.45, 7) is 1.55. The summed E-state index contributed by atoms with van der Waals surface area (Å²) in [5.41, 5.74) is 2.76. The fraction of sp³-hybridized carbons (Fsp3) is 0.190. The molecule has 3 aromatic rings. The van der Waals surface area contributed by atoms with Crippen LogP contribution >= 0.6 is 0 Å². The van der Waals surface area contributed by atoms with Crippen molar-refractivity contribution in [3.05, 3.63) is 53.7 Å². The first-order chi connectivity index (χ1) is 12.6. The lowest BCUT2D eigenvalue weighted by Gasteiger charge is -2.12. The highest BCUT2D eigenvalue weighted by atomic mass is 16.5. The molecule has 0 fully saturated rings. The Bertz CT molecular complexity index is 960. The molecule has 5 nitrogen and oxygen atoms in total. The van der Waals surface area contributed by atoms with Gasteiger partial charge in [-0.25, -0.2) is 0 Å². The molecule has 0 aliphatic heterocycles. The molecule has 0 radical (unpaired) electrons. The van der Waals surface area contributed by atoms with Gasteiger partial charge >= 0.3 is 0 Å². The maximum absolute atomic E-state index is 11.9. The fourth-order valence-corrected chi connectivity index (χ4v) is 2.98. The number of methoxy groups -OCH3 is 3. The molecular formula is C21H21NO4. The molecule has 1 heterocycles. The number of nitrogens with zero attached hydrogens (tertiary/aromatic N) is 1. The van der Waals surface area contributed by atoms with E-state index in [-0.39, 0.29) is 5.91 Å². The van der Waals surface area contributed by atoms with Crippen molar-refractivity contribution in [3.63, 3.8) is 0 Å². The van der Waals surface area contributed by atoms with Gasteiger partial charge in [0.2, 0.25) is 11.7 Å². The highest BCUT2D eigenvalue weighted by Gasteiger charge is 2.12. The molecule has 0 unspecified atom stereocenters. The molecule has 2 aromatic carbocycles. The Morgan fingerprint density at radius 1 is 0.962 bits per heavy atom. The maximum Gasteiger partial charge on any atom is 0.227 e. The molecule has 0 saturated carbocycles. The van der Waals surface area contributed by atoms with E-state index in [0.717, 1.165) is 22.0 Å². The van der Waals surface area contributed by atoms with Gasteiger partial charge in [0.15, 0.2) is 11.5 Å². The fourth-order valence-electron chi connectivity index (χ4n) is 2.98. The molecule has 5 heteroatoms. The number of carbonyl (C=O) groups excluding carboxylic acids is 1. The molecule has 0 N–H and O–H groups in total. The number of benzene rings is 2. The molecule has 1 aromatic heterocycles. The van der Waals surface area contributed by atoms with E-state index in [1.807, 2.05) is 54.7 Å². The molecule has 0 amide bonds. The molecule has 0 atom stereocenters. The van der Waals surface area contributed by atoms with E-state index >= 15 is 0 Å². The number of rotatable bonds is 5. The van der Waals surface area contributed by atoms with Crippen molar-refractivity contribution in [3.8, 4) is 17.2 Å². The first-order valence-corrected chi connectivity index (χ1v) is 8.18. The van der Waals surface area contributed by atoms with Crippen molar-refractivity contribution >= 4 is 29.0 Å². The van der Waals surface area contributed by atoms with Gasteiger partial charge in [0.05, 0.1) is 26.8 Å². The van der Waals surface area contributed by atoms with Crippen LogP contribution in [0.25, 0.3) is 23.1 Å². The smallest absolute Gasteiger partial charge is 0.227 e. The maximum atomic E-state index is 11.9. The first-order valence-electron chi connectivity index (χ1n) is 8.18. The minimum Gasteiger partial charge on any atom is -0.493 e. The van der Waals surface area contributed by atoms with Gasteiger partial charge < -0.3 is 14.2 Å². The van der Waals surface area contributed by atoms with E-state index in [1.165, 1.54) is 0 Å². The van der Waals surface area contributed by atoms with E-state index in [1.54, 1.807) is 32.8 Å². The summed E-state index contributed by atoms with van der Waals surface area (Å²) in [4.78, 5) is 11.9. The Kier molecular flexibility index (Phi) is 4.98. The third-order valence-corrected chi connectivity index (χ3v) is 4.22. The predicted molar refractivity (Wildman–Crippen MR) is 103 cm³/mol. The van der Waals surface area contributed by atoms with Gasteiger partial charge in [-0.3, -0.25) is 9.36 Å². The number of para-hydroxylation sites is 1. The van der Waals surface area contributed by atoms with Gasteiger partial charge in [-0.05, 0) is 23.8 Å². The summed E-state index contributed by atoms with van der Waals surface area (Å²) in [6, 6.07) is 11.6. The summed E-state index contributed by atoms with van der Waals surface area (Å²) in [7, 11) is 4.75. The van der Waals surface area contributed by atoms with Crippen molar-refractivity contribution in [2.24, 2.45) is 0 Å². The average Bonchev–Trinajstić information content (AvgIpc) is 3.04. The van der Waals surface area contributed by atoms with E-state index in [2.05, 4.69) is 0 Å². The molecule has 26 heavy (non-hydrogen) atoms. The third-order valence-electron chi connectivity index (χ3n) is 4.22. The number of fused-ring (bicyclic) bond motifs is 1. The van der Waals surface area contributed by atoms with Crippen molar-refractivity contribution in [1.29, 1.82) is 0 Å². The number of carbonyl (C=O) groups is 1. The van der Waals surface area contributed by atoms with E-state index in [4.69, 9.17) is 14.2 Å². The molecule has 0 aliphatic carbocycles. The Balaban J connectivity index is 2.06. The largest absolute Gasteiger partial charge is 0.493 e. The average molecular weight is 351 g/mol. The van der Waals surface area contributed by atoms with Crippen LogP contribution in [0.4, 0.5) is 0 Å². The first kappa shape index (κ1) is 17.6. The van der Waals surface area contributed by atoms with Gasteiger partial charge in [0.1, 0.15) is 0 Å². The second-order valence-electron chi connectivity index (χ2n) is 5.78. The Morgan fingerprint density at radius 2 is 1.62 bits per heavy atom. The Labute approximate surface area is 152 Å². The van der Waals surface area contributed by atoms with Gasteiger partial charge in [-0.2, -0.15) is 0 Å². The van der Waals surface area contributed by atoms with Crippen LogP contribution in [0, 0.1) is 0 Å². The van der Waals surface area contributed by atoms with E-state index in [0.29, 0.717) is 17.2 Å². The highest BCUT2D eigenvalue weighted by Crippen LogP contribution is 2.38. The van der Waals surface area contributed by atoms with Crippen molar-refractivity contribution < 1.29 is 19.0 Å². The van der Waals surface area contributed by atoms with Gasteiger partial charge in [-0.1, -0.05) is 30.4 Å². The topological polar surface area (TPSA) is 49.7 Å². The van der Waals surface area contributed by atoms with E-state index < -0.39 is 0 Å². The second kappa shape index (κ2) is 7.35. The normalized spacial score (nSPS) is 11.1. The van der Waals surface area contributed by atoms with Crippen LogP contribution in [-0.4, -0.2) is 31.8 Å². The van der Waals surface area contributed by atoms with Crippen molar-refractivity contribution in [2.45, 2.75) is 6.92 Å². The Morgan fingerprint density at radius 3 is 2.19 bits per heavy atom. The molecule has 134 valence electrons. The SMILES string of the molecule is COc1cc(/C=C\c2cn(C(C)=O)c3ccccc23)cc(OC)c1OC. The lowest BCUT2D eigenvalue weighted by molar-refractivity contribution is 0.0941. The molecule has 3 rings (SSSR count). The van der Waals surface area contributed by atoms with Crippen LogP contribution in [0.2, 0.25) is 0 Å². The van der Waals surface area contributed by atoms with E-state index in [9.17, 15) is 4.79 Å². The lowest BCUT2D eigenvalue weighted by Crippen LogP contribution is -2.02. The standard InChI is InChI=1S/C21H21NO4/c1-14(23)22-13-16(17-7-5-6-8-18(17)22)10-9-15-11-19(24-2)21(26-4)20(12-15)25-3/h5-13H,1-4H3/b10-9-.